The molecular formula is C21H22ClN7O2. The molecule has 2 aliphatic heterocycles. The summed E-state index contributed by atoms with van der Waals surface area (Å²) in [4.78, 5) is 31.4. The average Bonchev–Trinajstić information content (AvgIpc) is 2.67. The molecule has 2 saturated heterocycles. The number of nitrogens with zero attached hydrogens (tertiary/aromatic N) is 6. The van der Waals surface area contributed by atoms with E-state index in [1.807, 2.05) is 6.07 Å². The number of benzene rings is 1. The zero-order chi connectivity index (χ0) is 21.6. The fraction of sp³-hybridized carbons (Fsp3) is 0.286. The van der Waals surface area contributed by atoms with Gasteiger partial charge in [-0.25, -0.2) is 24.7 Å². The Hall–Kier alpha value is -3.46. The molecule has 9 nitrogen and oxygen atoms in total. The van der Waals surface area contributed by atoms with Crippen LogP contribution in [0.15, 0.2) is 49.1 Å². The Balaban J connectivity index is 0.000000177. The highest BCUT2D eigenvalue weighted by Gasteiger charge is 2.16. The number of halogens is 1. The highest BCUT2D eigenvalue weighted by molar-refractivity contribution is 6.29. The topological polar surface area (TPSA) is 107 Å². The molecular weight excluding hydrogens is 418 g/mol. The Morgan fingerprint density at radius 1 is 0.871 bits per heavy atom. The number of carbonyl (C=O) groups is 1. The van der Waals surface area contributed by atoms with E-state index in [0.717, 1.165) is 43.5 Å². The van der Waals surface area contributed by atoms with Crippen LogP contribution in [0.25, 0.3) is 0 Å². The first kappa shape index (κ1) is 20.8. The largest absolute Gasteiger partial charge is 0.478 e. The SMILES string of the molecule is Clc1cc(N2CCC2)ncn1.O=C(O)c1ccc(Nc2cc(N3CCC3)ncn2)cc1. The summed E-state index contributed by atoms with van der Waals surface area (Å²) in [6.45, 7) is 4.24. The number of carboxylic acids is 1. The molecule has 2 fully saturated rings. The maximum absolute atomic E-state index is 10.8. The lowest BCUT2D eigenvalue weighted by atomic mass is 10.2. The van der Waals surface area contributed by atoms with Crippen molar-refractivity contribution in [2.75, 3.05) is 41.3 Å². The smallest absolute Gasteiger partial charge is 0.335 e. The second-order valence-electron chi connectivity index (χ2n) is 7.15. The lowest BCUT2D eigenvalue weighted by Crippen LogP contribution is -2.37. The van der Waals surface area contributed by atoms with Crippen molar-refractivity contribution in [2.45, 2.75) is 12.8 Å². The predicted octanol–water partition coefficient (Wildman–Crippen LogP) is 3.47. The number of nitrogens with one attached hydrogen (secondary N) is 1. The number of hydrogen-bond donors (Lipinski definition) is 2. The molecule has 3 aromatic rings. The van der Waals surface area contributed by atoms with E-state index in [-0.39, 0.29) is 5.56 Å². The third-order valence-corrected chi connectivity index (χ3v) is 5.24. The standard InChI is InChI=1S/C14H14N4O2.C7H8ClN3/c19-14(20)10-2-4-11(5-3-10)17-12-8-13(16-9-15-12)18-6-1-7-18;8-6-4-7(10-5-9-6)11-2-1-3-11/h2-5,8-9H,1,6-7H2,(H,19,20)(H,15,16,17);4-5H,1-3H2. The molecule has 160 valence electrons. The van der Waals surface area contributed by atoms with Gasteiger partial charge < -0.3 is 20.2 Å². The summed E-state index contributed by atoms with van der Waals surface area (Å²) in [6, 6.07) is 10.2. The van der Waals surface area contributed by atoms with Gasteiger partial charge in [0.15, 0.2) is 0 Å². The van der Waals surface area contributed by atoms with E-state index >= 15 is 0 Å². The quantitative estimate of drug-likeness (QED) is 0.577. The molecule has 31 heavy (non-hydrogen) atoms. The summed E-state index contributed by atoms with van der Waals surface area (Å²) in [5.41, 5.74) is 1.06. The first-order chi connectivity index (χ1) is 15.1. The fourth-order valence-electron chi connectivity index (χ4n) is 3.02. The van der Waals surface area contributed by atoms with Gasteiger partial charge in [0, 0.05) is 44.0 Å². The van der Waals surface area contributed by atoms with Crippen molar-refractivity contribution in [1.82, 2.24) is 19.9 Å². The Morgan fingerprint density at radius 2 is 1.45 bits per heavy atom. The number of hydrogen-bond acceptors (Lipinski definition) is 8. The minimum atomic E-state index is -0.932. The highest BCUT2D eigenvalue weighted by atomic mass is 35.5. The first-order valence-electron chi connectivity index (χ1n) is 9.98. The summed E-state index contributed by atoms with van der Waals surface area (Å²) in [5, 5.41) is 12.5. The van der Waals surface area contributed by atoms with E-state index in [0.29, 0.717) is 11.0 Å². The summed E-state index contributed by atoms with van der Waals surface area (Å²) in [6.07, 6.45) is 5.47. The van der Waals surface area contributed by atoms with E-state index in [2.05, 4.69) is 35.1 Å². The van der Waals surface area contributed by atoms with E-state index in [4.69, 9.17) is 16.7 Å². The average molecular weight is 440 g/mol. The summed E-state index contributed by atoms with van der Waals surface area (Å²) >= 11 is 5.69. The molecule has 0 unspecified atom stereocenters. The van der Waals surface area contributed by atoms with Crippen LogP contribution in [0.1, 0.15) is 23.2 Å². The van der Waals surface area contributed by atoms with Gasteiger partial charge >= 0.3 is 5.97 Å². The van der Waals surface area contributed by atoms with Crippen molar-refractivity contribution in [2.24, 2.45) is 0 Å². The first-order valence-corrected chi connectivity index (χ1v) is 10.4. The number of anilines is 4. The van der Waals surface area contributed by atoms with Gasteiger partial charge in [0.25, 0.3) is 0 Å². The van der Waals surface area contributed by atoms with Gasteiger partial charge in [0.2, 0.25) is 0 Å². The van der Waals surface area contributed by atoms with Crippen LogP contribution >= 0.6 is 11.6 Å². The molecule has 0 amide bonds. The zero-order valence-electron chi connectivity index (χ0n) is 16.8. The van der Waals surface area contributed by atoms with Crippen molar-refractivity contribution >= 4 is 40.7 Å². The Kier molecular flexibility index (Phi) is 6.42. The van der Waals surface area contributed by atoms with Gasteiger partial charge in [-0.1, -0.05) is 11.6 Å². The molecule has 1 aromatic carbocycles. The maximum Gasteiger partial charge on any atom is 0.335 e. The normalized spacial score (nSPS) is 14.6. The molecule has 10 heteroatoms. The van der Waals surface area contributed by atoms with Crippen LogP contribution in [-0.4, -0.2) is 57.2 Å². The zero-order valence-corrected chi connectivity index (χ0v) is 17.5. The Morgan fingerprint density at radius 3 is 1.97 bits per heavy atom. The molecule has 5 rings (SSSR count). The third-order valence-electron chi connectivity index (χ3n) is 5.04. The van der Waals surface area contributed by atoms with Crippen LogP contribution in [0.4, 0.5) is 23.1 Å². The summed E-state index contributed by atoms with van der Waals surface area (Å²) in [5.74, 6) is 1.62. The van der Waals surface area contributed by atoms with Crippen molar-refractivity contribution in [3.8, 4) is 0 Å². The predicted molar refractivity (Wildman–Crippen MR) is 119 cm³/mol. The van der Waals surface area contributed by atoms with Crippen molar-refractivity contribution in [3.63, 3.8) is 0 Å². The van der Waals surface area contributed by atoms with Gasteiger partial charge in [-0.05, 0) is 37.1 Å². The minimum Gasteiger partial charge on any atom is -0.478 e. The number of aromatic nitrogens is 4. The maximum atomic E-state index is 10.8. The molecule has 0 atom stereocenters. The second-order valence-corrected chi connectivity index (χ2v) is 7.54. The molecule has 2 aliphatic rings. The van der Waals surface area contributed by atoms with Gasteiger partial charge in [-0.3, -0.25) is 0 Å². The number of carboxylic acid groups (broad SMARTS) is 1. The fourth-order valence-corrected chi connectivity index (χ4v) is 3.16. The van der Waals surface area contributed by atoms with Crippen molar-refractivity contribution in [3.05, 3.63) is 59.8 Å². The highest BCUT2D eigenvalue weighted by Crippen LogP contribution is 2.22. The van der Waals surface area contributed by atoms with E-state index in [1.165, 1.54) is 25.5 Å². The summed E-state index contributed by atoms with van der Waals surface area (Å²) in [7, 11) is 0. The van der Waals surface area contributed by atoms with Crippen LogP contribution in [0.3, 0.4) is 0 Å². The van der Waals surface area contributed by atoms with Gasteiger partial charge in [0.05, 0.1) is 5.56 Å². The molecule has 0 spiro atoms. The van der Waals surface area contributed by atoms with Crippen molar-refractivity contribution < 1.29 is 9.90 Å². The van der Waals surface area contributed by atoms with Crippen LogP contribution < -0.4 is 15.1 Å². The Bertz CT molecular complexity index is 1040. The lowest BCUT2D eigenvalue weighted by Gasteiger charge is -2.31. The van der Waals surface area contributed by atoms with Crippen LogP contribution in [-0.2, 0) is 0 Å². The second kappa shape index (κ2) is 9.57. The van der Waals surface area contributed by atoms with Crippen molar-refractivity contribution in [1.29, 1.82) is 0 Å². The molecule has 4 heterocycles. The molecule has 0 radical (unpaired) electrons. The van der Waals surface area contributed by atoms with E-state index < -0.39 is 5.97 Å². The van der Waals surface area contributed by atoms with E-state index in [1.54, 1.807) is 30.3 Å². The van der Waals surface area contributed by atoms with E-state index in [9.17, 15) is 4.79 Å². The van der Waals surface area contributed by atoms with Crippen LogP contribution in [0.2, 0.25) is 5.15 Å². The lowest BCUT2D eigenvalue weighted by molar-refractivity contribution is 0.0697. The van der Waals surface area contributed by atoms with Gasteiger partial charge in [0.1, 0.15) is 35.3 Å². The monoisotopic (exact) mass is 439 g/mol. The molecule has 0 bridgehead atoms. The Labute approximate surface area is 184 Å². The molecule has 0 saturated carbocycles. The summed E-state index contributed by atoms with van der Waals surface area (Å²) < 4.78 is 0. The molecule has 0 aliphatic carbocycles. The number of rotatable bonds is 5. The van der Waals surface area contributed by atoms with Gasteiger partial charge in [-0.2, -0.15) is 0 Å². The van der Waals surface area contributed by atoms with Gasteiger partial charge in [-0.15, -0.1) is 0 Å². The number of aromatic carboxylic acids is 1. The molecule has 2 N–H and O–H groups in total. The third kappa shape index (κ3) is 5.37. The van der Waals surface area contributed by atoms with Crippen LogP contribution in [0.5, 0.6) is 0 Å². The molecule has 2 aromatic heterocycles. The minimum absolute atomic E-state index is 0.263. The van der Waals surface area contributed by atoms with Crippen LogP contribution in [0, 0.1) is 0 Å².